The zero-order chi connectivity index (χ0) is 14.6. The molecule has 4 nitrogen and oxygen atoms in total. The van der Waals surface area contributed by atoms with Crippen molar-refractivity contribution in [3.63, 3.8) is 0 Å². The number of ether oxygens (including phenoxy) is 1. The first-order chi connectivity index (χ1) is 8.78. The normalized spacial score (nSPS) is 31.3. The van der Waals surface area contributed by atoms with Crippen molar-refractivity contribution in [2.45, 2.75) is 65.6 Å². The Morgan fingerprint density at radius 2 is 2.00 bits per heavy atom. The number of Topliss-reactive ketones (excluding diaryl/α,β-unsaturated/α-hetero) is 1. The SMILES string of the molecule is CCC(=O)CC(=O)O[C@]1(O)C[C@H](C)CC[C@H]1C(C)C. The van der Waals surface area contributed by atoms with Crippen molar-refractivity contribution in [2.75, 3.05) is 0 Å². The molecule has 1 aliphatic carbocycles. The predicted octanol–water partition coefficient (Wildman–Crippen LogP) is 2.68. The zero-order valence-electron chi connectivity index (χ0n) is 12.4. The average Bonchev–Trinajstić information content (AvgIpc) is 2.26. The Bertz CT molecular complexity index is 337. The number of hydrogen-bond acceptors (Lipinski definition) is 4. The largest absolute Gasteiger partial charge is 0.433 e. The van der Waals surface area contributed by atoms with E-state index in [1.165, 1.54) is 0 Å². The Balaban J connectivity index is 2.73. The minimum atomic E-state index is -1.41. The summed E-state index contributed by atoms with van der Waals surface area (Å²) in [6.45, 7) is 7.81. The summed E-state index contributed by atoms with van der Waals surface area (Å²) >= 11 is 0. The summed E-state index contributed by atoms with van der Waals surface area (Å²) < 4.78 is 5.29. The Morgan fingerprint density at radius 3 is 2.53 bits per heavy atom. The second-order valence-electron chi connectivity index (χ2n) is 6.13. The van der Waals surface area contributed by atoms with Crippen LogP contribution in [0.3, 0.4) is 0 Å². The van der Waals surface area contributed by atoms with E-state index in [1.807, 2.05) is 20.8 Å². The Kier molecular flexibility index (Phi) is 5.53. The number of carbonyl (C=O) groups excluding carboxylic acids is 2. The van der Waals surface area contributed by atoms with Crippen molar-refractivity contribution in [3.8, 4) is 0 Å². The van der Waals surface area contributed by atoms with E-state index < -0.39 is 11.8 Å². The lowest BCUT2D eigenvalue weighted by molar-refractivity contribution is -0.255. The fourth-order valence-electron chi connectivity index (χ4n) is 2.93. The smallest absolute Gasteiger partial charge is 0.315 e. The molecule has 0 heterocycles. The van der Waals surface area contributed by atoms with Crippen LogP contribution < -0.4 is 0 Å². The Morgan fingerprint density at radius 1 is 1.37 bits per heavy atom. The Hall–Kier alpha value is -0.900. The highest BCUT2D eigenvalue weighted by Gasteiger charge is 2.46. The number of esters is 1. The zero-order valence-corrected chi connectivity index (χ0v) is 12.4. The van der Waals surface area contributed by atoms with E-state index in [0.29, 0.717) is 18.8 Å². The lowest BCUT2D eigenvalue weighted by Gasteiger charge is -2.43. The first kappa shape index (κ1) is 16.2. The van der Waals surface area contributed by atoms with Gasteiger partial charge in [0.05, 0.1) is 0 Å². The Labute approximate surface area is 115 Å². The maximum atomic E-state index is 11.8. The van der Waals surface area contributed by atoms with Crippen molar-refractivity contribution in [2.24, 2.45) is 17.8 Å². The van der Waals surface area contributed by atoms with Crippen molar-refractivity contribution < 1.29 is 19.4 Å². The fourth-order valence-corrected chi connectivity index (χ4v) is 2.93. The standard InChI is InChI=1S/C15H26O4/c1-5-12(16)8-14(17)19-15(18)9-11(4)6-7-13(15)10(2)3/h10-11,13,18H,5-9H2,1-4H3/t11-,13+,15-/m1/s1. The molecule has 19 heavy (non-hydrogen) atoms. The molecule has 1 rings (SSSR count). The quantitative estimate of drug-likeness (QED) is 0.474. The van der Waals surface area contributed by atoms with Gasteiger partial charge in [-0.25, -0.2) is 0 Å². The maximum absolute atomic E-state index is 11.8. The van der Waals surface area contributed by atoms with E-state index in [9.17, 15) is 14.7 Å². The molecule has 0 spiro atoms. The molecule has 0 aromatic heterocycles. The number of aliphatic hydroxyl groups is 1. The van der Waals surface area contributed by atoms with Gasteiger partial charge in [0, 0.05) is 18.8 Å². The van der Waals surface area contributed by atoms with Gasteiger partial charge >= 0.3 is 5.97 Å². The minimum absolute atomic E-state index is 0.0515. The molecule has 1 saturated carbocycles. The molecule has 0 saturated heterocycles. The van der Waals surface area contributed by atoms with Crippen molar-refractivity contribution in [1.82, 2.24) is 0 Å². The second kappa shape index (κ2) is 6.51. The molecular formula is C15H26O4. The molecule has 1 fully saturated rings. The van der Waals surface area contributed by atoms with E-state index in [2.05, 4.69) is 0 Å². The van der Waals surface area contributed by atoms with Crippen LogP contribution in [0.5, 0.6) is 0 Å². The number of carbonyl (C=O) groups is 2. The van der Waals surface area contributed by atoms with Crippen LogP contribution in [-0.4, -0.2) is 22.6 Å². The molecule has 0 bridgehead atoms. The lowest BCUT2D eigenvalue weighted by Crippen LogP contribution is -2.49. The van der Waals surface area contributed by atoms with Gasteiger partial charge < -0.3 is 9.84 Å². The lowest BCUT2D eigenvalue weighted by atomic mass is 9.73. The molecule has 0 unspecified atom stereocenters. The van der Waals surface area contributed by atoms with Crippen LogP contribution in [0.1, 0.15) is 59.8 Å². The van der Waals surface area contributed by atoms with Gasteiger partial charge in [0.25, 0.3) is 0 Å². The highest BCUT2D eigenvalue weighted by molar-refractivity contribution is 5.95. The summed E-state index contributed by atoms with van der Waals surface area (Å²) in [5.41, 5.74) is 0. The summed E-state index contributed by atoms with van der Waals surface area (Å²) in [5, 5.41) is 10.7. The molecule has 0 aromatic rings. The maximum Gasteiger partial charge on any atom is 0.315 e. The minimum Gasteiger partial charge on any atom is -0.433 e. The van der Waals surface area contributed by atoms with E-state index in [1.54, 1.807) is 6.92 Å². The summed E-state index contributed by atoms with van der Waals surface area (Å²) in [4.78, 5) is 23.0. The molecule has 3 atom stereocenters. The number of rotatable bonds is 5. The van der Waals surface area contributed by atoms with Gasteiger partial charge in [-0.05, 0) is 24.7 Å². The van der Waals surface area contributed by atoms with Gasteiger partial charge in [0.15, 0.2) is 0 Å². The van der Waals surface area contributed by atoms with Crippen molar-refractivity contribution in [3.05, 3.63) is 0 Å². The van der Waals surface area contributed by atoms with E-state index >= 15 is 0 Å². The van der Waals surface area contributed by atoms with Gasteiger partial charge in [-0.1, -0.05) is 27.7 Å². The molecule has 1 aliphatic rings. The second-order valence-corrected chi connectivity index (χ2v) is 6.13. The molecule has 0 radical (unpaired) electrons. The summed E-state index contributed by atoms with van der Waals surface area (Å²) in [6.07, 6.45) is 2.43. The summed E-state index contributed by atoms with van der Waals surface area (Å²) in [6, 6.07) is 0. The average molecular weight is 270 g/mol. The molecule has 0 amide bonds. The highest BCUT2D eigenvalue weighted by atomic mass is 16.7. The third kappa shape index (κ3) is 4.30. The number of ketones is 1. The predicted molar refractivity (Wildman–Crippen MR) is 72.3 cm³/mol. The van der Waals surface area contributed by atoms with Crippen LogP contribution in [-0.2, 0) is 14.3 Å². The van der Waals surface area contributed by atoms with Gasteiger partial charge in [-0.2, -0.15) is 0 Å². The molecule has 110 valence electrons. The van der Waals surface area contributed by atoms with Crippen LogP contribution in [0, 0.1) is 17.8 Å². The molecule has 0 aliphatic heterocycles. The van der Waals surface area contributed by atoms with Crippen LogP contribution in [0.25, 0.3) is 0 Å². The molecule has 0 aromatic carbocycles. The third-order valence-corrected chi connectivity index (χ3v) is 4.02. The van der Waals surface area contributed by atoms with Gasteiger partial charge in [0.2, 0.25) is 5.79 Å². The summed E-state index contributed by atoms with van der Waals surface area (Å²) in [7, 11) is 0. The van der Waals surface area contributed by atoms with Crippen LogP contribution in [0.2, 0.25) is 0 Å². The summed E-state index contributed by atoms with van der Waals surface area (Å²) in [5.74, 6) is -1.64. The highest BCUT2D eigenvalue weighted by Crippen LogP contribution is 2.41. The fraction of sp³-hybridized carbons (Fsp3) is 0.867. The van der Waals surface area contributed by atoms with Crippen molar-refractivity contribution in [1.29, 1.82) is 0 Å². The van der Waals surface area contributed by atoms with Crippen LogP contribution in [0.15, 0.2) is 0 Å². The van der Waals surface area contributed by atoms with E-state index in [-0.39, 0.29) is 24.0 Å². The van der Waals surface area contributed by atoms with Crippen LogP contribution in [0.4, 0.5) is 0 Å². The van der Waals surface area contributed by atoms with E-state index in [4.69, 9.17) is 4.74 Å². The first-order valence-corrected chi connectivity index (χ1v) is 7.24. The third-order valence-electron chi connectivity index (χ3n) is 4.02. The van der Waals surface area contributed by atoms with Gasteiger partial charge in [-0.15, -0.1) is 0 Å². The number of hydrogen-bond donors (Lipinski definition) is 1. The topological polar surface area (TPSA) is 63.6 Å². The molecule has 4 heteroatoms. The van der Waals surface area contributed by atoms with E-state index in [0.717, 1.165) is 12.8 Å². The van der Waals surface area contributed by atoms with Gasteiger partial charge in [0.1, 0.15) is 12.2 Å². The van der Waals surface area contributed by atoms with Gasteiger partial charge in [-0.3, -0.25) is 9.59 Å². The molecule has 1 N–H and O–H groups in total. The van der Waals surface area contributed by atoms with Crippen LogP contribution >= 0.6 is 0 Å². The van der Waals surface area contributed by atoms with Crippen molar-refractivity contribution >= 4 is 11.8 Å². The first-order valence-electron chi connectivity index (χ1n) is 7.24. The monoisotopic (exact) mass is 270 g/mol. The molecular weight excluding hydrogens is 244 g/mol.